The minimum atomic E-state index is -0.396. The molecular weight excluding hydrogens is 661 g/mol. The van der Waals surface area contributed by atoms with Gasteiger partial charge in [-0.3, -0.25) is 14.5 Å². The molecule has 0 bridgehead atoms. The summed E-state index contributed by atoms with van der Waals surface area (Å²) in [4.78, 5) is 32.9. The first-order valence-corrected chi connectivity index (χ1v) is 14.9. The van der Waals surface area contributed by atoms with Gasteiger partial charge in [-0.1, -0.05) is 59.6 Å². The van der Waals surface area contributed by atoms with Gasteiger partial charge in [0.05, 0.1) is 37.9 Å². The van der Waals surface area contributed by atoms with Gasteiger partial charge >= 0.3 is 0 Å². The minimum absolute atomic E-state index is 0.199. The maximum absolute atomic E-state index is 13.6. The van der Waals surface area contributed by atoms with E-state index in [4.69, 9.17) is 37.7 Å². The zero-order valence-corrected chi connectivity index (χ0v) is 25.9. The Bertz CT molecular complexity index is 1700. The minimum Gasteiger partial charge on any atom is -0.493 e. The van der Waals surface area contributed by atoms with E-state index in [1.165, 1.54) is 18.9 Å². The van der Waals surface area contributed by atoms with Crippen LogP contribution >= 0.6 is 50.9 Å². The topological polar surface area (TPSA) is 80.2 Å². The molecule has 0 aromatic heterocycles. The van der Waals surface area contributed by atoms with E-state index in [1.807, 2.05) is 60.7 Å². The molecule has 4 aromatic rings. The number of hydrogen-bond donors (Lipinski definition) is 1. The summed E-state index contributed by atoms with van der Waals surface area (Å²) in [6, 6.07) is 27.2. The van der Waals surface area contributed by atoms with Crippen molar-refractivity contribution >= 4 is 91.0 Å². The van der Waals surface area contributed by atoms with Crippen LogP contribution in [0.15, 0.2) is 105 Å². The second-order valence-electron chi connectivity index (χ2n) is 8.82. The molecule has 0 spiro atoms. The number of thioether (sulfide) groups is 1. The van der Waals surface area contributed by atoms with Crippen molar-refractivity contribution in [2.75, 3.05) is 23.9 Å². The van der Waals surface area contributed by atoms with Crippen molar-refractivity contribution in [1.82, 2.24) is 0 Å². The number of para-hydroxylation sites is 2. The van der Waals surface area contributed by atoms with Crippen LogP contribution in [0.2, 0.25) is 10.0 Å². The average molecular weight is 683 g/mol. The second-order valence-corrected chi connectivity index (χ2v) is 11.5. The first-order valence-electron chi connectivity index (χ1n) is 12.5. The van der Waals surface area contributed by atoms with Crippen molar-refractivity contribution in [2.24, 2.45) is 4.99 Å². The molecule has 42 heavy (non-hydrogen) atoms. The molecule has 1 N–H and O–H groups in total. The third-order valence-corrected chi connectivity index (χ3v) is 8.20. The number of rotatable bonds is 8. The fourth-order valence-corrected chi connectivity index (χ4v) is 5.86. The molecule has 1 heterocycles. The van der Waals surface area contributed by atoms with Crippen LogP contribution in [0.3, 0.4) is 0 Å². The highest BCUT2D eigenvalue weighted by Gasteiger charge is 2.34. The van der Waals surface area contributed by atoms with E-state index in [0.717, 1.165) is 11.4 Å². The van der Waals surface area contributed by atoms with Crippen LogP contribution < -0.4 is 19.7 Å². The lowest BCUT2D eigenvalue weighted by molar-refractivity contribution is -0.118. The van der Waals surface area contributed by atoms with Gasteiger partial charge in [-0.05, 0) is 93.9 Å². The summed E-state index contributed by atoms with van der Waals surface area (Å²) in [6.45, 7) is -0.282. The first-order chi connectivity index (χ1) is 20.3. The van der Waals surface area contributed by atoms with Gasteiger partial charge in [0.1, 0.15) is 0 Å². The third-order valence-electron chi connectivity index (χ3n) is 5.90. The molecule has 1 saturated heterocycles. The van der Waals surface area contributed by atoms with Crippen molar-refractivity contribution in [3.63, 3.8) is 0 Å². The van der Waals surface area contributed by atoms with Crippen molar-refractivity contribution in [3.8, 4) is 11.5 Å². The highest BCUT2D eigenvalue weighted by atomic mass is 79.9. The lowest BCUT2D eigenvalue weighted by Crippen LogP contribution is -2.28. The van der Waals surface area contributed by atoms with Crippen molar-refractivity contribution < 1.29 is 19.1 Å². The zero-order chi connectivity index (χ0) is 29.6. The van der Waals surface area contributed by atoms with E-state index < -0.39 is 5.91 Å². The number of benzene rings is 4. The monoisotopic (exact) mass is 681 g/mol. The predicted octanol–water partition coefficient (Wildman–Crippen LogP) is 8.59. The summed E-state index contributed by atoms with van der Waals surface area (Å²) in [5, 5.41) is 3.97. The molecule has 212 valence electrons. The van der Waals surface area contributed by atoms with Gasteiger partial charge in [0.15, 0.2) is 23.3 Å². The first kappa shape index (κ1) is 29.7. The summed E-state index contributed by atoms with van der Waals surface area (Å²) in [7, 11) is 1.50. The summed E-state index contributed by atoms with van der Waals surface area (Å²) < 4.78 is 11.9. The van der Waals surface area contributed by atoms with Gasteiger partial charge in [-0.25, -0.2) is 4.99 Å². The number of nitrogens with one attached hydrogen (secondary N) is 1. The average Bonchev–Trinajstić information content (AvgIpc) is 3.28. The number of ether oxygens (including phenoxy) is 2. The lowest BCUT2D eigenvalue weighted by atomic mass is 10.1. The zero-order valence-electron chi connectivity index (χ0n) is 22.0. The summed E-state index contributed by atoms with van der Waals surface area (Å²) in [5.41, 5.74) is 2.64. The van der Waals surface area contributed by atoms with Gasteiger partial charge in [0.2, 0.25) is 0 Å². The summed E-state index contributed by atoms with van der Waals surface area (Å²) in [6.07, 6.45) is 1.77. The Hall–Kier alpha value is -3.76. The normalized spacial score (nSPS) is 14.9. The van der Waals surface area contributed by atoms with Crippen molar-refractivity contribution in [1.29, 1.82) is 0 Å². The van der Waals surface area contributed by atoms with E-state index >= 15 is 0 Å². The van der Waals surface area contributed by atoms with Gasteiger partial charge in [0.25, 0.3) is 11.8 Å². The fourth-order valence-electron chi connectivity index (χ4n) is 3.99. The number of carbonyl (C=O) groups excluding carboxylic acids is 2. The molecule has 0 atom stereocenters. The van der Waals surface area contributed by atoms with Crippen LogP contribution in [0.25, 0.3) is 6.08 Å². The van der Waals surface area contributed by atoms with Gasteiger partial charge < -0.3 is 14.8 Å². The van der Waals surface area contributed by atoms with Crippen molar-refractivity contribution in [2.45, 2.75) is 0 Å². The molecule has 5 rings (SSSR count). The molecular formula is C31H22BrCl2N3O4S. The van der Waals surface area contributed by atoms with E-state index in [0.29, 0.717) is 47.3 Å². The number of halogens is 3. The molecule has 7 nitrogen and oxygen atoms in total. The molecule has 0 saturated carbocycles. The van der Waals surface area contributed by atoms with Gasteiger partial charge in [-0.2, -0.15) is 0 Å². The van der Waals surface area contributed by atoms with Crippen LogP contribution in [0.5, 0.6) is 11.5 Å². The molecule has 4 aromatic carbocycles. The SMILES string of the molecule is COc1cc(/C=C2/SC(=Nc3ccccc3)N(c3ccccc3)C2=O)cc(Br)c1OCC(=O)Nc1ccc(Cl)c(Cl)c1. The summed E-state index contributed by atoms with van der Waals surface area (Å²) in [5.74, 6) is 0.127. The van der Waals surface area contributed by atoms with E-state index in [-0.39, 0.29) is 12.5 Å². The van der Waals surface area contributed by atoms with E-state index in [2.05, 4.69) is 21.2 Å². The smallest absolute Gasteiger partial charge is 0.271 e. The van der Waals surface area contributed by atoms with Crippen LogP contribution in [0.1, 0.15) is 5.56 Å². The van der Waals surface area contributed by atoms with Crippen LogP contribution in [-0.4, -0.2) is 30.7 Å². The van der Waals surface area contributed by atoms with Gasteiger partial charge in [0, 0.05) is 5.69 Å². The molecule has 0 unspecified atom stereocenters. The number of amidine groups is 1. The number of amides is 2. The predicted molar refractivity (Wildman–Crippen MR) is 174 cm³/mol. The quantitative estimate of drug-likeness (QED) is 0.188. The highest BCUT2D eigenvalue weighted by molar-refractivity contribution is 9.10. The largest absolute Gasteiger partial charge is 0.493 e. The van der Waals surface area contributed by atoms with E-state index in [9.17, 15) is 9.59 Å². The Morgan fingerprint density at radius 3 is 2.40 bits per heavy atom. The maximum Gasteiger partial charge on any atom is 0.271 e. The number of anilines is 2. The molecule has 2 amide bonds. The van der Waals surface area contributed by atoms with E-state index in [1.54, 1.807) is 41.3 Å². The summed E-state index contributed by atoms with van der Waals surface area (Å²) >= 11 is 16.8. The number of carbonyl (C=O) groups is 2. The Morgan fingerprint density at radius 1 is 1.00 bits per heavy atom. The van der Waals surface area contributed by atoms with Crippen molar-refractivity contribution in [3.05, 3.63) is 116 Å². The maximum atomic E-state index is 13.6. The Kier molecular flexibility index (Phi) is 9.54. The highest BCUT2D eigenvalue weighted by Crippen LogP contribution is 2.40. The van der Waals surface area contributed by atoms with Crippen LogP contribution in [-0.2, 0) is 9.59 Å². The fraction of sp³-hybridized carbons (Fsp3) is 0.0645. The molecule has 1 fully saturated rings. The molecule has 0 aliphatic carbocycles. The lowest BCUT2D eigenvalue weighted by Gasteiger charge is -2.15. The van der Waals surface area contributed by atoms with Crippen LogP contribution in [0.4, 0.5) is 17.1 Å². The number of hydrogen-bond acceptors (Lipinski definition) is 6. The standard InChI is InChI=1S/C31H22BrCl2N3O4S/c1-40-26-15-19(14-23(32)29(26)41-18-28(38)35-21-12-13-24(33)25(34)17-21)16-27-30(39)37(22-10-6-3-7-11-22)31(42-27)36-20-8-4-2-5-9-20/h2-17H,18H2,1H3,(H,35,38)/b27-16+,36-31?. The Balaban J connectivity index is 1.38. The molecule has 1 aliphatic rings. The van der Waals surface area contributed by atoms with Crippen LogP contribution in [0, 0.1) is 0 Å². The number of aliphatic imine (C=N–C) groups is 1. The molecule has 0 radical (unpaired) electrons. The Labute approximate surface area is 265 Å². The number of methoxy groups -OCH3 is 1. The van der Waals surface area contributed by atoms with Gasteiger partial charge in [-0.15, -0.1) is 0 Å². The third kappa shape index (κ3) is 6.99. The molecule has 11 heteroatoms. The second kappa shape index (κ2) is 13.5. The Morgan fingerprint density at radius 2 is 1.71 bits per heavy atom. The number of nitrogens with zero attached hydrogens (tertiary/aromatic N) is 2. The molecule has 1 aliphatic heterocycles.